The molecule has 0 aromatic heterocycles. The molecule has 1 saturated carbocycles. The highest BCUT2D eigenvalue weighted by atomic mass is 19.1. The third-order valence-electron chi connectivity index (χ3n) is 4.28. The third kappa shape index (κ3) is 2.56. The van der Waals surface area contributed by atoms with E-state index in [-0.39, 0.29) is 5.56 Å². The Hall–Kier alpha value is -1.45. The maximum Gasteiger partial charge on any atom is 0.314 e. The summed E-state index contributed by atoms with van der Waals surface area (Å²) < 4.78 is 28.2. The van der Waals surface area contributed by atoms with Crippen LogP contribution in [-0.4, -0.2) is 11.1 Å². The number of aliphatic carboxylic acids is 1. The van der Waals surface area contributed by atoms with E-state index < -0.39 is 22.9 Å². The minimum atomic E-state index is -1.61. The number of carboxylic acid groups (broad SMARTS) is 1. The van der Waals surface area contributed by atoms with Gasteiger partial charge in [0.1, 0.15) is 11.5 Å². The molecule has 0 saturated heterocycles. The molecule has 0 radical (unpaired) electrons. The lowest BCUT2D eigenvalue weighted by molar-refractivity contribution is -0.145. The van der Waals surface area contributed by atoms with E-state index >= 15 is 0 Å². The van der Waals surface area contributed by atoms with Gasteiger partial charge in [0.2, 0.25) is 0 Å². The van der Waals surface area contributed by atoms with E-state index in [4.69, 9.17) is 0 Å². The first-order chi connectivity index (χ1) is 9.27. The fourth-order valence-electron chi connectivity index (χ4n) is 3.02. The number of carbonyl (C=O) groups is 1. The van der Waals surface area contributed by atoms with Gasteiger partial charge in [0.15, 0.2) is 0 Å². The summed E-state index contributed by atoms with van der Waals surface area (Å²) in [6.45, 7) is 2.77. The Labute approximate surface area is 117 Å². The van der Waals surface area contributed by atoms with E-state index in [2.05, 4.69) is 0 Å². The Morgan fingerprint density at radius 3 is 2.35 bits per heavy atom. The molecule has 0 spiro atoms. The molecule has 1 aliphatic carbocycles. The summed E-state index contributed by atoms with van der Waals surface area (Å²) in [4.78, 5) is 11.7. The van der Waals surface area contributed by atoms with Crippen LogP contribution < -0.4 is 0 Å². The topological polar surface area (TPSA) is 37.3 Å². The van der Waals surface area contributed by atoms with Crippen molar-refractivity contribution in [2.75, 3.05) is 0 Å². The maximum atomic E-state index is 14.2. The van der Waals surface area contributed by atoms with E-state index in [1.807, 2.05) is 0 Å². The summed E-state index contributed by atoms with van der Waals surface area (Å²) >= 11 is 0. The molecule has 0 aliphatic heterocycles. The predicted molar refractivity (Wildman–Crippen MR) is 72.9 cm³/mol. The highest BCUT2D eigenvalue weighted by Crippen LogP contribution is 2.42. The molecule has 0 unspecified atom stereocenters. The average molecular weight is 282 g/mol. The van der Waals surface area contributed by atoms with Gasteiger partial charge in [0.25, 0.3) is 0 Å². The van der Waals surface area contributed by atoms with Crippen LogP contribution in [0.15, 0.2) is 18.2 Å². The largest absolute Gasteiger partial charge is 0.481 e. The Kier molecular flexibility index (Phi) is 3.85. The zero-order valence-electron chi connectivity index (χ0n) is 11.9. The van der Waals surface area contributed by atoms with E-state index in [0.29, 0.717) is 18.4 Å². The lowest BCUT2D eigenvalue weighted by Crippen LogP contribution is -2.39. The zero-order valence-corrected chi connectivity index (χ0v) is 11.9. The molecule has 1 aromatic rings. The van der Waals surface area contributed by atoms with E-state index in [1.165, 1.54) is 32.0 Å². The Bertz CT molecular complexity index is 512. The number of carboxylic acids is 1. The first-order valence-corrected chi connectivity index (χ1v) is 7.00. The van der Waals surface area contributed by atoms with Crippen molar-refractivity contribution >= 4 is 5.97 Å². The van der Waals surface area contributed by atoms with E-state index in [9.17, 15) is 18.7 Å². The molecule has 2 rings (SSSR count). The van der Waals surface area contributed by atoms with Gasteiger partial charge >= 0.3 is 5.97 Å². The predicted octanol–water partition coefficient (Wildman–Crippen LogP) is 4.32. The molecule has 1 N–H and O–H groups in total. The van der Waals surface area contributed by atoms with Crippen LogP contribution in [0.1, 0.15) is 57.1 Å². The molecule has 0 amide bonds. The van der Waals surface area contributed by atoms with Crippen LogP contribution in [0.3, 0.4) is 0 Å². The summed E-state index contributed by atoms with van der Waals surface area (Å²) in [7, 11) is 0. The van der Waals surface area contributed by atoms with Gasteiger partial charge in [0, 0.05) is 5.56 Å². The summed E-state index contributed by atoms with van der Waals surface area (Å²) in [5.74, 6) is -1.56. The summed E-state index contributed by atoms with van der Waals surface area (Å²) in [5, 5.41) is 9.60. The average Bonchev–Trinajstić information content (AvgIpc) is 2.38. The fourth-order valence-corrected chi connectivity index (χ4v) is 3.02. The molecule has 0 bridgehead atoms. The number of alkyl halides is 1. The van der Waals surface area contributed by atoms with Crippen LogP contribution in [0.25, 0.3) is 0 Å². The second-order valence-electron chi connectivity index (χ2n) is 6.12. The summed E-state index contributed by atoms with van der Waals surface area (Å²) in [5.41, 5.74) is -2.37. The Morgan fingerprint density at radius 1 is 1.25 bits per heavy atom. The maximum absolute atomic E-state index is 14.2. The highest BCUT2D eigenvalue weighted by molar-refractivity contribution is 5.81. The molecule has 2 nitrogen and oxygen atoms in total. The molecular weight excluding hydrogens is 262 g/mol. The molecule has 1 aliphatic rings. The van der Waals surface area contributed by atoms with Crippen molar-refractivity contribution in [3.8, 4) is 0 Å². The van der Waals surface area contributed by atoms with Crippen molar-refractivity contribution in [1.29, 1.82) is 0 Å². The van der Waals surface area contributed by atoms with Gasteiger partial charge in [-0.05, 0) is 44.4 Å². The molecule has 0 heterocycles. The number of benzene rings is 1. The first kappa shape index (κ1) is 14.9. The highest BCUT2D eigenvalue weighted by Gasteiger charge is 2.43. The second-order valence-corrected chi connectivity index (χ2v) is 6.12. The van der Waals surface area contributed by atoms with Gasteiger partial charge in [-0.3, -0.25) is 4.79 Å². The minimum absolute atomic E-state index is 0.132. The Balaban J connectivity index is 2.56. The third-order valence-corrected chi connectivity index (χ3v) is 4.28. The molecule has 1 fully saturated rings. The van der Waals surface area contributed by atoms with Crippen molar-refractivity contribution in [3.63, 3.8) is 0 Å². The van der Waals surface area contributed by atoms with Crippen molar-refractivity contribution in [2.24, 2.45) is 0 Å². The van der Waals surface area contributed by atoms with E-state index in [1.54, 1.807) is 0 Å². The number of hydrogen-bond acceptors (Lipinski definition) is 1. The van der Waals surface area contributed by atoms with Gasteiger partial charge in [0.05, 0.1) is 5.41 Å². The molecule has 1 aromatic carbocycles. The molecule has 110 valence electrons. The van der Waals surface area contributed by atoms with Gasteiger partial charge in [-0.1, -0.05) is 25.3 Å². The fraction of sp³-hybridized carbons (Fsp3) is 0.562. The summed E-state index contributed by atoms with van der Waals surface area (Å²) in [6, 6.07) is 3.97. The smallest absolute Gasteiger partial charge is 0.314 e. The quantitative estimate of drug-likeness (QED) is 0.896. The van der Waals surface area contributed by atoms with Crippen LogP contribution in [0, 0.1) is 5.82 Å². The van der Waals surface area contributed by atoms with Gasteiger partial charge in [-0.15, -0.1) is 0 Å². The van der Waals surface area contributed by atoms with Crippen LogP contribution in [0.5, 0.6) is 0 Å². The zero-order chi connectivity index (χ0) is 15.0. The van der Waals surface area contributed by atoms with Crippen molar-refractivity contribution in [2.45, 2.75) is 57.0 Å². The summed E-state index contributed by atoms with van der Waals surface area (Å²) in [6.07, 6.45) is 3.31. The number of rotatable bonds is 3. The van der Waals surface area contributed by atoms with E-state index in [0.717, 1.165) is 19.3 Å². The van der Waals surface area contributed by atoms with Gasteiger partial charge in [-0.2, -0.15) is 0 Å². The lowest BCUT2D eigenvalue weighted by Gasteiger charge is -2.34. The van der Waals surface area contributed by atoms with Crippen molar-refractivity contribution in [1.82, 2.24) is 0 Å². The van der Waals surface area contributed by atoms with Gasteiger partial charge < -0.3 is 5.11 Å². The molecule has 4 heteroatoms. The van der Waals surface area contributed by atoms with Crippen LogP contribution >= 0.6 is 0 Å². The van der Waals surface area contributed by atoms with Crippen LogP contribution in [-0.2, 0) is 15.9 Å². The normalized spacial score (nSPS) is 18.8. The molecule has 0 atom stereocenters. The first-order valence-electron chi connectivity index (χ1n) is 7.00. The van der Waals surface area contributed by atoms with Crippen LogP contribution in [0.4, 0.5) is 8.78 Å². The standard InChI is InChI=1S/C16H20F2O2/c1-15(2,18)11-6-7-13(17)12(10-11)16(14(19)20)8-4-3-5-9-16/h6-7,10H,3-5,8-9H2,1-2H3,(H,19,20). The monoisotopic (exact) mass is 282 g/mol. The van der Waals surface area contributed by atoms with Crippen molar-refractivity contribution < 1.29 is 18.7 Å². The lowest BCUT2D eigenvalue weighted by atomic mass is 9.68. The van der Waals surface area contributed by atoms with Crippen LogP contribution in [0.2, 0.25) is 0 Å². The molecule has 20 heavy (non-hydrogen) atoms. The number of halogens is 2. The minimum Gasteiger partial charge on any atom is -0.481 e. The molecular formula is C16H20F2O2. The SMILES string of the molecule is CC(C)(F)c1ccc(F)c(C2(C(=O)O)CCCCC2)c1. The second kappa shape index (κ2) is 5.15. The Morgan fingerprint density at radius 2 is 1.85 bits per heavy atom. The van der Waals surface area contributed by atoms with Gasteiger partial charge in [-0.25, -0.2) is 8.78 Å². The van der Waals surface area contributed by atoms with Crippen molar-refractivity contribution in [3.05, 3.63) is 35.1 Å². The number of hydrogen-bond donors (Lipinski definition) is 1.